The van der Waals surface area contributed by atoms with Crippen LogP contribution < -0.4 is 9.62 Å². The number of anilines is 1. The van der Waals surface area contributed by atoms with E-state index in [0.717, 1.165) is 5.56 Å². The van der Waals surface area contributed by atoms with Gasteiger partial charge in [0.25, 0.3) is 15.9 Å². The quantitative estimate of drug-likeness (QED) is 0.553. The molecule has 0 aliphatic carbocycles. The molecule has 0 aromatic heterocycles. The topological polar surface area (TPSA) is 66.5 Å². The molecule has 0 heterocycles. The zero-order valence-electron chi connectivity index (χ0n) is 16.2. The van der Waals surface area contributed by atoms with Crippen molar-refractivity contribution in [1.82, 2.24) is 5.32 Å². The highest BCUT2D eigenvalue weighted by Gasteiger charge is 2.24. The second-order valence-corrected chi connectivity index (χ2v) is 8.36. The number of nitrogens with zero attached hydrogens (tertiary/aromatic N) is 1. The van der Waals surface area contributed by atoms with Crippen molar-refractivity contribution in [2.24, 2.45) is 0 Å². The minimum absolute atomic E-state index is 0.00244. The molecule has 0 aliphatic rings. The van der Waals surface area contributed by atoms with Crippen LogP contribution in [0.1, 0.15) is 15.9 Å². The average Bonchev–Trinajstić information content (AvgIpc) is 2.77. The third-order valence-corrected chi connectivity index (χ3v) is 6.18. The Morgan fingerprint density at radius 1 is 1.00 bits per heavy atom. The molecule has 3 rings (SSSR count). The zero-order chi connectivity index (χ0) is 21.6. The van der Waals surface area contributed by atoms with Crippen LogP contribution in [-0.2, 0) is 16.6 Å². The normalized spacial score (nSPS) is 11.0. The predicted octanol–water partition coefficient (Wildman–Crippen LogP) is 4.14. The number of hydrogen-bond donors (Lipinski definition) is 1. The van der Waals surface area contributed by atoms with Crippen LogP contribution in [0.15, 0.2) is 96.4 Å². The Balaban J connectivity index is 1.82. The fraction of sp³-hybridized carbons (Fsp3) is 0.0870. The molecule has 0 atom stereocenters. The van der Waals surface area contributed by atoms with Crippen LogP contribution in [0.2, 0.25) is 0 Å². The summed E-state index contributed by atoms with van der Waals surface area (Å²) < 4.78 is 40.7. The summed E-state index contributed by atoms with van der Waals surface area (Å²) in [5, 5.41) is 2.71. The molecule has 1 N–H and O–H groups in total. The van der Waals surface area contributed by atoms with Crippen molar-refractivity contribution in [1.29, 1.82) is 0 Å². The fourth-order valence-corrected chi connectivity index (χ4v) is 4.35. The molecule has 30 heavy (non-hydrogen) atoms. The molecule has 5 nitrogen and oxygen atoms in total. The average molecular weight is 424 g/mol. The van der Waals surface area contributed by atoms with Crippen LogP contribution in [0.25, 0.3) is 0 Å². The van der Waals surface area contributed by atoms with Crippen LogP contribution >= 0.6 is 0 Å². The first-order chi connectivity index (χ1) is 14.4. The summed E-state index contributed by atoms with van der Waals surface area (Å²) in [6.07, 6.45) is 1.50. The summed E-state index contributed by atoms with van der Waals surface area (Å²) in [6.45, 7) is 3.93. The number of benzene rings is 3. The van der Waals surface area contributed by atoms with Gasteiger partial charge in [0.1, 0.15) is 5.82 Å². The maximum absolute atomic E-state index is 13.2. The molecule has 0 saturated carbocycles. The summed E-state index contributed by atoms with van der Waals surface area (Å²) in [7, 11) is -3.90. The van der Waals surface area contributed by atoms with Crippen molar-refractivity contribution in [2.75, 3.05) is 10.8 Å². The highest BCUT2D eigenvalue weighted by molar-refractivity contribution is 7.92. The molecule has 0 unspecified atom stereocenters. The molecule has 0 radical (unpaired) electrons. The van der Waals surface area contributed by atoms with E-state index in [1.807, 2.05) is 0 Å². The van der Waals surface area contributed by atoms with Crippen molar-refractivity contribution in [3.8, 4) is 0 Å². The van der Waals surface area contributed by atoms with E-state index in [1.165, 1.54) is 40.7 Å². The van der Waals surface area contributed by atoms with Gasteiger partial charge >= 0.3 is 0 Å². The lowest BCUT2D eigenvalue weighted by molar-refractivity contribution is 0.0950. The number of sulfonamides is 1. The maximum Gasteiger partial charge on any atom is 0.264 e. The third-order valence-electron chi connectivity index (χ3n) is 4.39. The Kier molecular flexibility index (Phi) is 6.64. The van der Waals surface area contributed by atoms with Crippen LogP contribution in [0, 0.1) is 5.82 Å². The van der Waals surface area contributed by atoms with Crippen molar-refractivity contribution in [2.45, 2.75) is 11.4 Å². The van der Waals surface area contributed by atoms with Crippen molar-refractivity contribution in [3.05, 3.63) is 108 Å². The number of amides is 1. The van der Waals surface area contributed by atoms with E-state index in [0.29, 0.717) is 5.69 Å². The van der Waals surface area contributed by atoms with Gasteiger partial charge in [0.05, 0.1) is 17.1 Å². The monoisotopic (exact) mass is 424 g/mol. The van der Waals surface area contributed by atoms with Gasteiger partial charge < -0.3 is 5.32 Å². The lowest BCUT2D eigenvalue weighted by atomic mass is 10.2. The van der Waals surface area contributed by atoms with E-state index in [1.54, 1.807) is 48.5 Å². The second kappa shape index (κ2) is 9.37. The van der Waals surface area contributed by atoms with Crippen molar-refractivity contribution >= 4 is 21.6 Å². The van der Waals surface area contributed by atoms with Crippen LogP contribution in [-0.4, -0.2) is 20.9 Å². The Morgan fingerprint density at radius 3 is 2.37 bits per heavy atom. The lowest BCUT2D eigenvalue weighted by Gasteiger charge is -2.23. The summed E-state index contributed by atoms with van der Waals surface area (Å²) in [5.74, 6) is -0.781. The van der Waals surface area contributed by atoms with Crippen molar-refractivity contribution < 1.29 is 17.6 Å². The molecule has 3 aromatic rings. The number of halogens is 1. The molecule has 0 aliphatic heterocycles. The van der Waals surface area contributed by atoms with Gasteiger partial charge in [-0.15, -0.1) is 6.58 Å². The molecule has 7 heteroatoms. The minimum Gasteiger partial charge on any atom is -0.348 e. The number of carbonyl (C=O) groups excluding carboxylic acids is 1. The third kappa shape index (κ3) is 4.93. The number of carbonyl (C=O) groups is 1. The number of para-hydroxylation sites is 1. The van der Waals surface area contributed by atoms with Gasteiger partial charge in [0.15, 0.2) is 0 Å². The minimum atomic E-state index is -3.90. The Morgan fingerprint density at radius 2 is 1.70 bits per heavy atom. The SMILES string of the molecule is C=CCN(c1ccccc1)S(=O)(=O)c1cccc(C(=O)NCc2ccc(F)cc2)c1. The summed E-state index contributed by atoms with van der Waals surface area (Å²) in [6, 6.07) is 20.3. The summed E-state index contributed by atoms with van der Waals surface area (Å²) >= 11 is 0. The Hall–Kier alpha value is -3.45. The number of nitrogens with one attached hydrogen (secondary N) is 1. The molecule has 0 bridgehead atoms. The molecular formula is C23H21FN2O3S. The van der Waals surface area contributed by atoms with Crippen LogP contribution in [0.5, 0.6) is 0 Å². The number of rotatable bonds is 8. The highest BCUT2D eigenvalue weighted by Crippen LogP contribution is 2.24. The predicted molar refractivity (Wildman–Crippen MR) is 115 cm³/mol. The molecule has 0 saturated heterocycles. The van der Waals surface area contributed by atoms with Gasteiger partial charge in [-0.3, -0.25) is 9.10 Å². The van der Waals surface area contributed by atoms with E-state index in [-0.39, 0.29) is 29.4 Å². The van der Waals surface area contributed by atoms with Gasteiger partial charge in [-0.25, -0.2) is 12.8 Å². The first kappa shape index (κ1) is 21.3. The van der Waals surface area contributed by atoms with Gasteiger partial charge in [0.2, 0.25) is 0 Å². The highest BCUT2D eigenvalue weighted by atomic mass is 32.2. The van der Waals surface area contributed by atoms with Crippen molar-refractivity contribution in [3.63, 3.8) is 0 Å². The zero-order valence-corrected chi connectivity index (χ0v) is 17.0. The second-order valence-electron chi connectivity index (χ2n) is 6.50. The smallest absolute Gasteiger partial charge is 0.264 e. The molecule has 0 fully saturated rings. The lowest BCUT2D eigenvalue weighted by Crippen LogP contribution is -2.31. The van der Waals surface area contributed by atoms with Crippen LogP contribution in [0.4, 0.5) is 10.1 Å². The molecule has 3 aromatic carbocycles. The van der Waals surface area contributed by atoms with E-state index in [4.69, 9.17) is 0 Å². The number of hydrogen-bond acceptors (Lipinski definition) is 3. The first-order valence-corrected chi connectivity index (χ1v) is 10.7. The van der Waals surface area contributed by atoms with Gasteiger partial charge in [-0.2, -0.15) is 0 Å². The van der Waals surface area contributed by atoms with E-state index in [2.05, 4.69) is 11.9 Å². The molecule has 0 spiro atoms. The van der Waals surface area contributed by atoms with E-state index in [9.17, 15) is 17.6 Å². The molecular weight excluding hydrogens is 403 g/mol. The van der Waals surface area contributed by atoms with Gasteiger partial charge in [-0.05, 0) is 48.0 Å². The maximum atomic E-state index is 13.2. The fourth-order valence-electron chi connectivity index (χ4n) is 2.87. The Bertz CT molecular complexity index is 1130. The standard InChI is InChI=1S/C23H21FN2O3S/c1-2-15-26(21-8-4-3-5-9-21)30(28,29)22-10-6-7-19(16-22)23(27)25-17-18-11-13-20(24)14-12-18/h2-14,16H,1,15,17H2,(H,25,27). The molecule has 154 valence electrons. The van der Waals surface area contributed by atoms with Gasteiger partial charge in [-0.1, -0.05) is 42.5 Å². The largest absolute Gasteiger partial charge is 0.348 e. The first-order valence-electron chi connectivity index (χ1n) is 9.23. The summed E-state index contributed by atoms with van der Waals surface area (Å²) in [5.41, 5.74) is 1.45. The van der Waals surface area contributed by atoms with E-state index >= 15 is 0 Å². The Labute approximate surface area is 175 Å². The van der Waals surface area contributed by atoms with Gasteiger partial charge in [0, 0.05) is 12.1 Å². The van der Waals surface area contributed by atoms with E-state index < -0.39 is 15.9 Å². The molecule has 1 amide bonds. The van der Waals surface area contributed by atoms with Crippen LogP contribution in [0.3, 0.4) is 0 Å². The summed E-state index contributed by atoms with van der Waals surface area (Å²) in [4.78, 5) is 12.5.